The molecule has 1 aliphatic rings. The predicted octanol–water partition coefficient (Wildman–Crippen LogP) is 2.29. The third-order valence-corrected chi connectivity index (χ3v) is 3.19. The molecule has 6 heteroatoms. The normalized spacial score (nSPS) is 16.1. The Labute approximate surface area is 104 Å². The fraction of sp³-hybridized carbons (Fsp3) is 0.417. The molecule has 2 rings (SSSR count). The van der Waals surface area contributed by atoms with Crippen molar-refractivity contribution in [2.45, 2.75) is 19.8 Å². The van der Waals surface area contributed by atoms with Crippen molar-refractivity contribution in [3.63, 3.8) is 0 Å². The van der Waals surface area contributed by atoms with E-state index in [2.05, 4.69) is 5.32 Å². The van der Waals surface area contributed by atoms with Gasteiger partial charge in [0.1, 0.15) is 5.75 Å². The topological polar surface area (TPSA) is 92.5 Å². The molecule has 1 saturated carbocycles. The number of benzene rings is 1. The van der Waals surface area contributed by atoms with E-state index in [4.69, 9.17) is 0 Å². The van der Waals surface area contributed by atoms with Crippen molar-refractivity contribution in [2.24, 2.45) is 11.8 Å². The molecule has 1 atom stereocenters. The maximum absolute atomic E-state index is 11.8. The number of nitrogens with one attached hydrogen (secondary N) is 1. The molecular formula is C12H14N2O4. The third-order valence-electron chi connectivity index (χ3n) is 3.19. The fourth-order valence-corrected chi connectivity index (χ4v) is 1.80. The van der Waals surface area contributed by atoms with Crippen molar-refractivity contribution in [3.8, 4) is 5.75 Å². The summed E-state index contributed by atoms with van der Waals surface area (Å²) in [6.45, 7) is 1.84. The van der Waals surface area contributed by atoms with Crippen molar-refractivity contribution in [3.05, 3.63) is 28.3 Å². The molecule has 0 saturated heterocycles. The Bertz CT molecular complexity index is 497. The van der Waals surface area contributed by atoms with E-state index in [1.165, 1.54) is 12.1 Å². The SMILES string of the molecule is CC(C(=O)Nc1ccc([N+](=O)[O-])cc1O)C1CC1. The molecule has 1 aliphatic carbocycles. The molecule has 0 aromatic heterocycles. The number of phenolic OH excluding ortho intramolecular Hbond substituents is 1. The first-order chi connectivity index (χ1) is 8.49. The van der Waals surface area contributed by atoms with Crippen molar-refractivity contribution < 1.29 is 14.8 Å². The number of hydrogen-bond donors (Lipinski definition) is 2. The van der Waals surface area contributed by atoms with Gasteiger partial charge in [-0.1, -0.05) is 6.92 Å². The highest BCUT2D eigenvalue weighted by Crippen LogP contribution is 2.37. The van der Waals surface area contributed by atoms with E-state index in [1.54, 1.807) is 0 Å². The number of carbonyl (C=O) groups is 1. The average molecular weight is 250 g/mol. The van der Waals surface area contributed by atoms with E-state index in [1.807, 2.05) is 6.92 Å². The number of anilines is 1. The number of carbonyl (C=O) groups excluding carboxylic acids is 1. The summed E-state index contributed by atoms with van der Waals surface area (Å²) in [6.07, 6.45) is 2.11. The lowest BCUT2D eigenvalue weighted by Crippen LogP contribution is -2.21. The Morgan fingerprint density at radius 2 is 2.22 bits per heavy atom. The van der Waals surface area contributed by atoms with E-state index in [-0.39, 0.29) is 28.9 Å². The third kappa shape index (κ3) is 2.58. The number of nitro benzene ring substituents is 1. The molecule has 1 fully saturated rings. The van der Waals surface area contributed by atoms with Crippen LogP contribution in [0.25, 0.3) is 0 Å². The molecule has 1 aromatic carbocycles. The minimum Gasteiger partial charge on any atom is -0.506 e. The Morgan fingerprint density at radius 3 is 2.72 bits per heavy atom. The summed E-state index contributed by atoms with van der Waals surface area (Å²) in [5.74, 6) is -0.132. The second-order valence-corrected chi connectivity index (χ2v) is 4.57. The summed E-state index contributed by atoms with van der Waals surface area (Å²) < 4.78 is 0. The average Bonchev–Trinajstić information content (AvgIpc) is 3.14. The van der Waals surface area contributed by atoms with E-state index in [0.29, 0.717) is 5.92 Å². The van der Waals surface area contributed by atoms with Gasteiger partial charge in [0.05, 0.1) is 16.7 Å². The van der Waals surface area contributed by atoms with Crippen LogP contribution in [0.2, 0.25) is 0 Å². The summed E-state index contributed by atoms with van der Waals surface area (Å²) in [7, 11) is 0. The summed E-state index contributed by atoms with van der Waals surface area (Å²) in [5, 5.41) is 22.7. The number of rotatable bonds is 4. The van der Waals surface area contributed by atoms with Gasteiger partial charge < -0.3 is 10.4 Å². The summed E-state index contributed by atoms with van der Waals surface area (Å²) in [4.78, 5) is 21.7. The van der Waals surface area contributed by atoms with Crippen LogP contribution in [0.1, 0.15) is 19.8 Å². The molecule has 18 heavy (non-hydrogen) atoms. The molecule has 96 valence electrons. The number of nitrogens with zero attached hydrogens (tertiary/aromatic N) is 1. The molecule has 2 N–H and O–H groups in total. The minimum absolute atomic E-state index is 0.0976. The molecule has 1 amide bonds. The van der Waals surface area contributed by atoms with Crippen LogP contribution in [0.15, 0.2) is 18.2 Å². The van der Waals surface area contributed by atoms with Gasteiger partial charge >= 0.3 is 0 Å². The van der Waals surface area contributed by atoms with Crippen LogP contribution in [0.5, 0.6) is 5.75 Å². The van der Waals surface area contributed by atoms with Gasteiger partial charge in [-0.15, -0.1) is 0 Å². The Balaban J connectivity index is 2.09. The molecule has 1 aromatic rings. The molecule has 0 bridgehead atoms. The van der Waals surface area contributed by atoms with Gasteiger partial charge in [0.25, 0.3) is 5.69 Å². The number of amides is 1. The molecule has 6 nitrogen and oxygen atoms in total. The number of non-ortho nitro benzene ring substituents is 1. The summed E-state index contributed by atoms with van der Waals surface area (Å²) in [5.41, 5.74) is -0.00107. The minimum atomic E-state index is -0.599. The standard InChI is InChI=1S/C12H14N2O4/c1-7(8-2-3-8)12(16)13-10-5-4-9(14(17)18)6-11(10)15/h4-8,15H,2-3H2,1H3,(H,13,16). The number of nitro groups is 1. The fourth-order valence-electron chi connectivity index (χ4n) is 1.80. The largest absolute Gasteiger partial charge is 0.506 e. The first kappa shape index (κ1) is 12.3. The quantitative estimate of drug-likeness (QED) is 0.487. The summed E-state index contributed by atoms with van der Waals surface area (Å²) in [6, 6.07) is 3.61. The van der Waals surface area contributed by atoms with Crippen LogP contribution >= 0.6 is 0 Å². The lowest BCUT2D eigenvalue weighted by molar-refractivity contribution is -0.384. The maximum atomic E-state index is 11.8. The number of hydrogen-bond acceptors (Lipinski definition) is 4. The predicted molar refractivity (Wildman–Crippen MR) is 65.3 cm³/mol. The summed E-state index contributed by atoms with van der Waals surface area (Å²) >= 11 is 0. The molecule has 0 spiro atoms. The van der Waals surface area contributed by atoms with Crippen LogP contribution in [-0.4, -0.2) is 15.9 Å². The van der Waals surface area contributed by atoms with Crippen LogP contribution in [0.4, 0.5) is 11.4 Å². The highest BCUT2D eigenvalue weighted by Gasteiger charge is 2.32. The van der Waals surface area contributed by atoms with Crippen molar-refractivity contribution >= 4 is 17.3 Å². The maximum Gasteiger partial charge on any atom is 0.273 e. The zero-order valence-electron chi connectivity index (χ0n) is 9.92. The lowest BCUT2D eigenvalue weighted by Gasteiger charge is -2.11. The highest BCUT2D eigenvalue weighted by molar-refractivity contribution is 5.94. The van der Waals surface area contributed by atoms with E-state index in [9.17, 15) is 20.0 Å². The Morgan fingerprint density at radius 1 is 1.56 bits per heavy atom. The first-order valence-corrected chi connectivity index (χ1v) is 5.77. The molecule has 0 heterocycles. The lowest BCUT2D eigenvalue weighted by atomic mass is 10.1. The van der Waals surface area contributed by atoms with Gasteiger partial charge in [-0.3, -0.25) is 14.9 Å². The second-order valence-electron chi connectivity index (χ2n) is 4.57. The van der Waals surface area contributed by atoms with Gasteiger partial charge in [-0.25, -0.2) is 0 Å². The van der Waals surface area contributed by atoms with E-state index in [0.717, 1.165) is 18.9 Å². The zero-order valence-corrected chi connectivity index (χ0v) is 9.92. The monoisotopic (exact) mass is 250 g/mol. The van der Waals surface area contributed by atoms with E-state index < -0.39 is 4.92 Å². The Kier molecular flexibility index (Phi) is 3.18. The number of aromatic hydroxyl groups is 1. The van der Waals surface area contributed by atoms with Crippen LogP contribution < -0.4 is 5.32 Å². The van der Waals surface area contributed by atoms with Crippen molar-refractivity contribution in [1.82, 2.24) is 0 Å². The van der Waals surface area contributed by atoms with Gasteiger partial charge in [0.15, 0.2) is 0 Å². The van der Waals surface area contributed by atoms with E-state index >= 15 is 0 Å². The molecular weight excluding hydrogens is 236 g/mol. The number of phenols is 1. The second kappa shape index (κ2) is 4.64. The van der Waals surface area contributed by atoms with Gasteiger partial charge in [-0.2, -0.15) is 0 Å². The first-order valence-electron chi connectivity index (χ1n) is 5.77. The van der Waals surface area contributed by atoms with Gasteiger partial charge in [0, 0.05) is 12.0 Å². The molecule has 1 unspecified atom stereocenters. The van der Waals surface area contributed by atoms with Gasteiger partial charge in [0.2, 0.25) is 5.91 Å². The highest BCUT2D eigenvalue weighted by atomic mass is 16.6. The van der Waals surface area contributed by atoms with Crippen LogP contribution in [0, 0.1) is 22.0 Å². The smallest absolute Gasteiger partial charge is 0.273 e. The van der Waals surface area contributed by atoms with Gasteiger partial charge in [-0.05, 0) is 24.8 Å². The van der Waals surface area contributed by atoms with Crippen molar-refractivity contribution in [2.75, 3.05) is 5.32 Å². The molecule has 0 radical (unpaired) electrons. The van der Waals surface area contributed by atoms with Crippen molar-refractivity contribution in [1.29, 1.82) is 0 Å². The zero-order chi connectivity index (χ0) is 13.3. The Hall–Kier alpha value is -2.11. The van der Waals surface area contributed by atoms with Crippen LogP contribution in [-0.2, 0) is 4.79 Å². The molecule has 0 aliphatic heterocycles. The van der Waals surface area contributed by atoms with Crippen LogP contribution in [0.3, 0.4) is 0 Å².